The third-order valence-electron chi connectivity index (χ3n) is 2.86. The summed E-state index contributed by atoms with van der Waals surface area (Å²) in [6, 6.07) is 3.38. The topological polar surface area (TPSA) is 69.9 Å². The van der Waals surface area contributed by atoms with Crippen LogP contribution in [0.3, 0.4) is 0 Å². The predicted octanol–water partition coefficient (Wildman–Crippen LogP) is 1.33. The highest BCUT2D eigenvalue weighted by atomic mass is 16.5. The SMILES string of the molecule is COC(=O)c1ccc(-n2cnc(C3CC3)n2)nc1. The molecular weight excluding hydrogens is 232 g/mol. The average molecular weight is 244 g/mol. The zero-order chi connectivity index (χ0) is 12.5. The lowest BCUT2D eigenvalue weighted by Gasteiger charge is -2.01. The van der Waals surface area contributed by atoms with Gasteiger partial charge in [-0.1, -0.05) is 0 Å². The van der Waals surface area contributed by atoms with Crippen LogP contribution in [0, 0.1) is 0 Å². The molecule has 1 saturated carbocycles. The number of carbonyl (C=O) groups excluding carboxylic acids is 1. The van der Waals surface area contributed by atoms with Crippen molar-refractivity contribution in [1.82, 2.24) is 19.7 Å². The number of methoxy groups -OCH3 is 1. The fraction of sp³-hybridized carbons (Fsp3) is 0.333. The van der Waals surface area contributed by atoms with Gasteiger partial charge >= 0.3 is 5.97 Å². The van der Waals surface area contributed by atoms with Crippen molar-refractivity contribution in [3.63, 3.8) is 0 Å². The Bertz CT molecular complexity index is 572. The van der Waals surface area contributed by atoms with Crippen LogP contribution in [0.4, 0.5) is 0 Å². The molecule has 92 valence electrons. The summed E-state index contributed by atoms with van der Waals surface area (Å²) < 4.78 is 6.23. The van der Waals surface area contributed by atoms with Crippen LogP contribution in [0.15, 0.2) is 24.7 Å². The van der Waals surface area contributed by atoms with E-state index in [0.717, 1.165) is 5.82 Å². The standard InChI is InChI=1S/C12H12N4O2/c1-18-12(17)9-4-5-10(13-6-9)16-7-14-11(15-16)8-2-3-8/h4-8H,2-3H2,1H3. The minimum Gasteiger partial charge on any atom is -0.465 e. The van der Waals surface area contributed by atoms with Gasteiger partial charge in [-0.2, -0.15) is 0 Å². The van der Waals surface area contributed by atoms with Crippen LogP contribution in [-0.2, 0) is 4.74 Å². The van der Waals surface area contributed by atoms with E-state index in [1.54, 1.807) is 23.1 Å². The van der Waals surface area contributed by atoms with Crippen molar-refractivity contribution in [2.45, 2.75) is 18.8 Å². The second-order valence-corrected chi connectivity index (χ2v) is 4.22. The van der Waals surface area contributed by atoms with Crippen LogP contribution in [0.5, 0.6) is 0 Å². The number of nitrogens with zero attached hydrogens (tertiary/aromatic N) is 4. The number of ether oxygens (including phenoxy) is 1. The van der Waals surface area contributed by atoms with E-state index in [-0.39, 0.29) is 0 Å². The van der Waals surface area contributed by atoms with E-state index in [2.05, 4.69) is 19.8 Å². The van der Waals surface area contributed by atoms with Gasteiger partial charge in [-0.05, 0) is 25.0 Å². The van der Waals surface area contributed by atoms with Crippen molar-refractivity contribution < 1.29 is 9.53 Å². The first-order valence-corrected chi connectivity index (χ1v) is 5.74. The number of hydrogen-bond donors (Lipinski definition) is 0. The van der Waals surface area contributed by atoms with Gasteiger partial charge in [0.2, 0.25) is 0 Å². The van der Waals surface area contributed by atoms with Crippen molar-refractivity contribution in [3.8, 4) is 5.82 Å². The molecule has 2 heterocycles. The Kier molecular flexibility index (Phi) is 2.55. The molecule has 0 spiro atoms. The van der Waals surface area contributed by atoms with E-state index in [4.69, 9.17) is 0 Å². The van der Waals surface area contributed by atoms with Gasteiger partial charge in [0, 0.05) is 12.1 Å². The third-order valence-corrected chi connectivity index (χ3v) is 2.86. The highest BCUT2D eigenvalue weighted by Gasteiger charge is 2.27. The molecule has 1 aliphatic carbocycles. The first-order chi connectivity index (χ1) is 8.78. The third kappa shape index (κ3) is 1.97. The maximum absolute atomic E-state index is 11.3. The molecule has 1 fully saturated rings. The molecule has 0 saturated heterocycles. The molecule has 0 aromatic carbocycles. The largest absolute Gasteiger partial charge is 0.465 e. The van der Waals surface area contributed by atoms with Crippen molar-refractivity contribution in [2.75, 3.05) is 7.11 Å². The molecule has 0 N–H and O–H groups in total. The van der Waals surface area contributed by atoms with E-state index in [1.807, 2.05) is 0 Å². The van der Waals surface area contributed by atoms with Crippen LogP contribution >= 0.6 is 0 Å². The van der Waals surface area contributed by atoms with Crippen LogP contribution < -0.4 is 0 Å². The van der Waals surface area contributed by atoms with Crippen molar-refractivity contribution in [3.05, 3.63) is 36.0 Å². The molecule has 2 aromatic rings. The maximum atomic E-state index is 11.3. The van der Waals surface area contributed by atoms with Crippen molar-refractivity contribution >= 4 is 5.97 Å². The minimum atomic E-state index is -0.397. The first-order valence-electron chi connectivity index (χ1n) is 5.74. The summed E-state index contributed by atoms with van der Waals surface area (Å²) in [7, 11) is 1.34. The molecule has 0 atom stereocenters. The van der Waals surface area contributed by atoms with Crippen molar-refractivity contribution in [2.24, 2.45) is 0 Å². The van der Waals surface area contributed by atoms with E-state index < -0.39 is 5.97 Å². The van der Waals surface area contributed by atoms with E-state index in [0.29, 0.717) is 17.3 Å². The smallest absolute Gasteiger partial charge is 0.339 e. The predicted molar refractivity (Wildman–Crippen MR) is 62.5 cm³/mol. The molecular formula is C12H12N4O2. The van der Waals surface area contributed by atoms with Crippen LogP contribution in [0.2, 0.25) is 0 Å². The van der Waals surface area contributed by atoms with Gasteiger partial charge in [0.1, 0.15) is 6.33 Å². The number of pyridine rings is 1. The Balaban J connectivity index is 1.84. The molecule has 0 radical (unpaired) electrons. The summed E-state index contributed by atoms with van der Waals surface area (Å²) in [5, 5.41) is 4.36. The molecule has 6 nitrogen and oxygen atoms in total. The van der Waals surface area contributed by atoms with Gasteiger partial charge in [-0.15, -0.1) is 5.10 Å². The molecule has 0 amide bonds. The number of rotatable bonds is 3. The van der Waals surface area contributed by atoms with Gasteiger partial charge in [-0.3, -0.25) is 0 Å². The number of esters is 1. The average Bonchev–Trinajstić information content (AvgIpc) is 3.16. The normalized spacial score (nSPS) is 14.5. The molecule has 18 heavy (non-hydrogen) atoms. The molecule has 2 aromatic heterocycles. The summed E-state index contributed by atoms with van der Waals surface area (Å²) in [4.78, 5) is 19.7. The van der Waals surface area contributed by atoms with E-state index in [9.17, 15) is 4.79 Å². The minimum absolute atomic E-state index is 0.397. The van der Waals surface area contributed by atoms with Crippen LogP contribution in [-0.4, -0.2) is 32.8 Å². The van der Waals surface area contributed by atoms with Gasteiger partial charge in [0.15, 0.2) is 11.6 Å². The molecule has 1 aliphatic rings. The Labute approximate surface area is 104 Å². The summed E-state index contributed by atoms with van der Waals surface area (Å²) in [6.07, 6.45) is 5.45. The summed E-state index contributed by atoms with van der Waals surface area (Å²) in [5.41, 5.74) is 0.420. The number of aromatic nitrogens is 4. The second kappa shape index (κ2) is 4.21. The van der Waals surface area contributed by atoms with Crippen LogP contribution in [0.25, 0.3) is 5.82 Å². The molecule has 0 unspecified atom stereocenters. The number of hydrogen-bond acceptors (Lipinski definition) is 5. The highest BCUT2D eigenvalue weighted by molar-refractivity contribution is 5.88. The molecule has 0 aliphatic heterocycles. The lowest BCUT2D eigenvalue weighted by Crippen LogP contribution is -2.04. The number of carbonyl (C=O) groups is 1. The lowest BCUT2D eigenvalue weighted by atomic mass is 10.3. The molecule has 0 bridgehead atoms. The zero-order valence-corrected chi connectivity index (χ0v) is 9.91. The van der Waals surface area contributed by atoms with Gasteiger partial charge < -0.3 is 4.74 Å². The van der Waals surface area contributed by atoms with Crippen LogP contribution in [0.1, 0.15) is 34.9 Å². The quantitative estimate of drug-likeness (QED) is 0.762. The Morgan fingerprint density at radius 3 is 2.83 bits per heavy atom. The lowest BCUT2D eigenvalue weighted by molar-refractivity contribution is 0.0600. The Morgan fingerprint density at radius 2 is 2.22 bits per heavy atom. The van der Waals surface area contributed by atoms with Crippen molar-refractivity contribution in [1.29, 1.82) is 0 Å². The van der Waals surface area contributed by atoms with Gasteiger partial charge in [-0.25, -0.2) is 19.4 Å². The monoisotopic (exact) mass is 244 g/mol. The van der Waals surface area contributed by atoms with E-state index in [1.165, 1.54) is 26.1 Å². The van der Waals surface area contributed by atoms with Gasteiger partial charge in [0.25, 0.3) is 0 Å². The zero-order valence-electron chi connectivity index (χ0n) is 9.91. The highest BCUT2D eigenvalue weighted by Crippen LogP contribution is 2.37. The summed E-state index contributed by atoms with van der Waals surface area (Å²) >= 11 is 0. The fourth-order valence-electron chi connectivity index (χ4n) is 1.68. The van der Waals surface area contributed by atoms with E-state index >= 15 is 0 Å². The fourth-order valence-corrected chi connectivity index (χ4v) is 1.68. The molecule has 6 heteroatoms. The maximum Gasteiger partial charge on any atom is 0.339 e. The summed E-state index contributed by atoms with van der Waals surface area (Å²) in [6.45, 7) is 0. The van der Waals surface area contributed by atoms with Gasteiger partial charge in [0.05, 0.1) is 12.7 Å². The Morgan fingerprint density at radius 1 is 1.39 bits per heavy atom. The second-order valence-electron chi connectivity index (χ2n) is 4.22. The molecule has 3 rings (SSSR count). The Hall–Kier alpha value is -2.24. The first kappa shape index (κ1) is 10.9. The summed E-state index contributed by atoms with van der Waals surface area (Å²) in [5.74, 6) is 1.63.